The fourth-order valence-electron chi connectivity index (χ4n) is 5.82. The fourth-order valence-corrected chi connectivity index (χ4v) is 5.99. The molecule has 1 heterocycles. The van der Waals surface area contributed by atoms with Gasteiger partial charge in [-0.2, -0.15) is 0 Å². The van der Waals surface area contributed by atoms with Crippen LogP contribution in [0.5, 0.6) is 11.5 Å². The Kier molecular flexibility index (Phi) is 5.41. The summed E-state index contributed by atoms with van der Waals surface area (Å²) in [5.74, 6) is 0.117. The molecule has 0 saturated heterocycles. The first-order valence-corrected chi connectivity index (χ1v) is 11.8. The number of hydrogen-bond acceptors (Lipinski definition) is 5. The third kappa shape index (κ3) is 4.16. The molecule has 6 nitrogen and oxygen atoms in total. The molecule has 1 amide bonds. The van der Waals surface area contributed by atoms with Crippen LogP contribution in [0.15, 0.2) is 36.4 Å². The summed E-state index contributed by atoms with van der Waals surface area (Å²) in [6, 6.07) is 9.53. The summed E-state index contributed by atoms with van der Waals surface area (Å²) in [6.45, 7) is 3.14. The molecule has 0 radical (unpaired) electrons. The van der Waals surface area contributed by atoms with Crippen LogP contribution in [-0.2, 0) is 15.2 Å². The quantitative estimate of drug-likeness (QED) is 0.610. The number of aryl methyl sites for hydroxylation is 1. The molecule has 2 aromatic carbocycles. The average Bonchev–Trinajstić information content (AvgIpc) is 2.72. The molecule has 2 aromatic rings. The maximum atomic E-state index is 13.6. The van der Waals surface area contributed by atoms with Crippen molar-refractivity contribution in [2.24, 2.45) is 5.41 Å². The molecule has 3 saturated carbocycles. The van der Waals surface area contributed by atoms with Gasteiger partial charge in [-0.15, -0.1) is 0 Å². The van der Waals surface area contributed by atoms with Gasteiger partial charge in [0.2, 0.25) is 0 Å². The molecular formula is C26H27ClFNO5. The lowest BCUT2D eigenvalue weighted by molar-refractivity contribution is -0.176. The largest absolute Gasteiger partial charge is 0.484 e. The van der Waals surface area contributed by atoms with E-state index in [1.165, 1.54) is 6.07 Å². The van der Waals surface area contributed by atoms with Crippen LogP contribution >= 0.6 is 11.6 Å². The topological polar surface area (TPSA) is 84.9 Å². The minimum absolute atomic E-state index is 0.0368. The molecule has 4 aliphatic rings. The number of Topliss-reactive ketones (excluding diaryl/α,β-unsaturated/α-hetero) is 1. The highest BCUT2D eigenvalue weighted by Gasteiger charge is 2.68. The van der Waals surface area contributed by atoms with Crippen LogP contribution in [0.3, 0.4) is 0 Å². The van der Waals surface area contributed by atoms with Crippen LogP contribution in [0.25, 0.3) is 0 Å². The van der Waals surface area contributed by atoms with Crippen molar-refractivity contribution in [2.45, 2.75) is 63.2 Å². The van der Waals surface area contributed by atoms with E-state index >= 15 is 0 Å². The number of carbonyl (C=O) groups excluding carboxylic acids is 2. The summed E-state index contributed by atoms with van der Waals surface area (Å²) in [5, 5.41) is 14.4. The second-order valence-electron chi connectivity index (χ2n) is 10.4. The molecule has 34 heavy (non-hydrogen) atoms. The number of amides is 1. The van der Waals surface area contributed by atoms with Crippen molar-refractivity contribution >= 4 is 23.3 Å². The first-order chi connectivity index (χ1) is 16.0. The Balaban J connectivity index is 1.12. The Morgan fingerprint density at radius 2 is 1.97 bits per heavy atom. The van der Waals surface area contributed by atoms with Crippen LogP contribution in [0.2, 0.25) is 5.02 Å². The van der Waals surface area contributed by atoms with E-state index in [9.17, 15) is 19.1 Å². The van der Waals surface area contributed by atoms with E-state index in [0.29, 0.717) is 34.1 Å². The molecule has 2 N–H and O–H groups in total. The van der Waals surface area contributed by atoms with E-state index < -0.39 is 11.7 Å². The number of fused-ring (bicyclic) bond motifs is 1. The maximum Gasteiger partial charge on any atom is 0.258 e. The minimum atomic E-state index is -1.20. The van der Waals surface area contributed by atoms with Gasteiger partial charge in [0.05, 0.1) is 5.60 Å². The highest BCUT2D eigenvalue weighted by atomic mass is 35.5. The van der Waals surface area contributed by atoms with Gasteiger partial charge in [0, 0.05) is 35.0 Å². The number of ether oxygens (including phenoxy) is 2. The van der Waals surface area contributed by atoms with Gasteiger partial charge >= 0.3 is 0 Å². The van der Waals surface area contributed by atoms with Crippen molar-refractivity contribution in [1.29, 1.82) is 0 Å². The maximum absolute atomic E-state index is 13.6. The van der Waals surface area contributed by atoms with Crippen LogP contribution in [0.4, 0.5) is 4.39 Å². The molecule has 6 rings (SSSR count). The molecule has 3 aliphatic carbocycles. The summed E-state index contributed by atoms with van der Waals surface area (Å²) < 4.78 is 24.9. The van der Waals surface area contributed by atoms with Crippen molar-refractivity contribution in [3.8, 4) is 11.5 Å². The Bertz CT molecular complexity index is 1160. The summed E-state index contributed by atoms with van der Waals surface area (Å²) in [5.41, 5.74) is -0.510. The molecule has 3 fully saturated rings. The van der Waals surface area contributed by atoms with E-state index in [2.05, 4.69) is 5.32 Å². The van der Waals surface area contributed by atoms with Crippen LogP contribution < -0.4 is 14.8 Å². The molecule has 1 aliphatic heterocycles. The molecule has 2 atom stereocenters. The van der Waals surface area contributed by atoms with Gasteiger partial charge in [0.1, 0.15) is 17.3 Å². The highest BCUT2D eigenvalue weighted by Crippen LogP contribution is 2.69. The number of benzene rings is 2. The number of rotatable bonds is 7. The molecule has 8 heteroatoms. The van der Waals surface area contributed by atoms with E-state index in [0.717, 1.165) is 19.3 Å². The van der Waals surface area contributed by atoms with Gasteiger partial charge in [-0.05, 0) is 68.4 Å². The predicted octanol–water partition coefficient (Wildman–Crippen LogP) is 4.22. The summed E-state index contributed by atoms with van der Waals surface area (Å²) in [4.78, 5) is 25.4. The SMILES string of the molecule is Cc1ccc(OCC(=O)NC23CC(CC(=O)[C@H]4C[C@@](C)(O)c5cc(Cl)ccc5O4)(C2)C3)cc1F. The van der Waals surface area contributed by atoms with Crippen molar-refractivity contribution in [2.75, 3.05) is 6.61 Å². The first-order valence-electron chi connectivity index (χ1n) is 11.4. The highest BCUT2D eigenvalue weighted by molar-refractivity contribution is 6.30. The molecular weight excluding hydrogens is 461 g/mol. The molecule has 180 valence electrons. The minimum Gasteiger partial charge on any atom is -0.484 e. The third-order valence-corrected chi connectivity index (χ3v) is 7.58. The van der Waals surface area contributed by atoms with Crippen molar-refractivity contribution in [3.05, 3.63) is 58.4 Å². The Hall–Kier alpha value is -2.64. The first kappa shape index (κ1) is 23.1. The van der Waals surface area contributed by atoms with Gasteiger partial charge in [-0.3, -0.25) is 9.59 Å². The van der Waals surface area contributed by atoms with Crippen molar-refractivity contribution < 1.29 is 28.6 Å². The average molecular weight is 488 g/mol. The van der Waals surface area contributed by atoms with Crippen LogP contribution in [-0.4, -0.2) is 35.0 Å². The third-order valence-electron chi connectivity index (χ3n) is 7.34. The lowest BCUT2D eigenvalue weighted by Gasteiger charge is -2.70. The number of carbonyl (C=O) groups is 2. The zero-order chi connectivity index (χ0) is 24.3. The number of aliphatic hydroxyl groups is 1. The van der Waals surface area contributed by atoms with Gasteiger partial charge in [0.15, 0.2) is 18.5 Å². The Morgan fingerprint density at radius 3 is 2.68 bits per heavy atom. The van der Waals surface area contributed by atoms with Crippen LogP contribution in [0.1, 0.15) is 50.2 Å². The molecule has 0 unspecified atom stereocenters. The second kappa shape index (κ2) is 7.95. The monoisotopic (exact) mass is 487 g/mol. The van der Waals surface area contributed by atoms with Gasteiger partial charge in [-0.25, -0.2) is 4.39 Å². The number of nitrogens with one attached hydrogen (secondary N) is 1. The normalized spacial score (nSPS) is 30.8. The summed E-state index contributed by atoms with van der Waals surface area (Å²) in [7, 11) is 0. The standard InChI is InChI=1S/C26H27ClFNO5/c1-15-3-5-17(8-19(15)28)33-11-23(31)29-26-12-25(13-26,14-26)9-20(30)22-10-24(2,32)18-7-16(27)4-6-21(18)34-22/h3-8,22,32H,9-14H2,1-2H3,(H,29,31)/t22-,24-,25?,26?/m1/s1. The number of ketones is 1. The zero-order valence-electron chi connectivity index (χ0n) is 19.1. The smallest absolute Gasteiger partial charge is 0.258 e. The zero-order valence-corrected chi connectivity index (χ0v) is 19.9. The Labute approximate surface area is 202 Å². The molecule has 0 spiro atoms. The molecule has 2 bridgehead atoms. The van der Waals surface area contributed by atoms with E-state index in [4.69, 9.17) is 21.1 Å². The second-order valence-corrected chi connectivity index (χ2v) is 10.9. The Morgan fingerprint density at radius 1 is 1.24 bits per heavy atom. The van der Waals surface area contributed by atoms with Crippen LogP contribution in [0, 0.1) is 18.2 Å². The number of halogens is 2. The van der Waals surface area contributed by atoms with Gasteiger partial charge < -0.3 is 19.9 Å². The summed E-state index contributed by atoms with van der Waals surface area (Å²) in [6.07, 6.45) is 2.00. The van der Waals surface area contributed by atoms with E-state index in [1.807, 2.05) is 0 Å². The predicted molar refractivity (Wildman–Crippen MR) is 123 cm³/mol. The van der Waals surface area contributed by atoms with E-state index in [-0.39, 0.29) is 41.5 Å². The lowest BCUT2D eigenvalue weighted by atomic mass is 9.38. The number of hydrogen-bond donors (Lipinski definition) is 2. The molecule has 0 aromatic heterocycles. The van der Waals surface area contributed by atoms with Crippen molar-refractivity contribution in [1.82, 2.24) is 5.32 Å². The van der Waals surface area contributed by atoms with E-state index in [1.54, 1.807) is 44.2 Å². The van der Waals surface area contributed by atoms with Crippen molar-refractivity contribution in [3.63, 3.8) is 0 Å². The summed E-state index contributed by atoms with van der Waals surface area (Å²) >= 11 is 6.05. The fraction of sp³-hybridized carbons (Fsp3) is 0.462. The van der Waals surface area contributed by atoms with Gasteiger partial charge in [0.25, 0.3) is 5.91 Å². The van der Waals surface area contributed by atoms with Gasteiger partial charge in [-0.1, -0.05) is 17.7 Å². The lowest BCUT2D eigenvalue weighted by Crippen LogP contribution is -2.75.